The molecule has 3 heteroatoms. The van der Waals surface area contributed by atoms with Gasteiger partial charge in [-0.25, -0.2) is 0 Å². The molecule has 8 rings (SSSR count). The van der Waals surface area contributed by atoms with Crippen molar-refractivity contribution in [2.75, 3.05) is 23.9 Å². The van der Waals surface area contributed by atoms with Gasteiger partial charge in [-0.2, -0.15) is 0 Å². The smallest absolute Gasteiger partial charge is 0.0525 e. The summed E-state index contributed by atoms with van der Waals surface area (Å²) in [5, 5.41) is 0. The first-order valence-electron chi connectivity index (χ1n) is 20.2. The molecule has 0 N–H and O–H groups in total. The van der Waals surface area contributed by atoms with E-state index in [1.54, 1.807) is 0 Å². The molecule has 1 atom stereocenters. The molecule has 1 saturated heterocycles. The zero-order valence-electron chi connectivity index (χ0n) is 33.6. The second-order valence-electron chi connectivity index (χ2n) is 17.0. The summed E-state index contributed by atoms with van der Waals surface area (Å²) in [4.78, 5) is 7.46. The first-order valence-corrected chi connectivity index (χ1v) is 20.2. The van der Waals surface area contributed by atoms with Crippen LogP contribution in [0.5, 0.6) is 0 Å². The molecule has 5 aliphatic rings. The number of para-hydroxylation sites is 2. The van der Waals surface area contributed by atoms with E-state index in [-0.39, 0.29) is 16.9 Å². The minimum absolute atomic E-state index is 0.0586. The fraction of sp³-hybridized carbons (Fsp3) is 0.308. The highest BCUT2D eigenvalue weighted by atomic mass is 15.2. The van der Waals surface area contributed by atoms with Gasteiger partial charge in [0.1, 0.15) is 0 Å². The van der Waals surface area contributed by atoms with Crippen LogP contribution in [0, 0.1) is 17.8 Å². The molecule has 1 fully saturated rings. The maximum absolute atomic E-state index is 5.79. The summed E-state index contributed by atoms with van der Waals surface area (Å²) in [5.41, 5.74) is 17.3. The van der Waals surface area contributed by atoms with E-state index in [4.69, 9.17) is 6.42 Å². The molecule has 3 nitrogen and oxygen atoms in total. The fourth-order valence-corrected chi connectivity index (χ4v) is 9.87. The van der Waals surface area contributed by atoms with Gasteiger partial charge >= 0.3 is 0 Å². The van der Waals surface area contributed by atoms with Crippen molar-refractivity contribution < 1.29 is 0 Å². The predicted molar refractivity (Wildman–Crippen MR) is 234 cm³/mol. The zero-order chi connectivity index (χ0) is 38.3. The summed E-state index contributed by atoms with van der Waals surface area (Å²) >= 11 is 0. The van der Waals surface area contributed by atoms with Gasteiger partial charge in [0, 0.05) is 47.8 Å². The van der Waals surface area contributed by atoms with Crippen molar-refractivity contribution in [3.63, 3.8) is 0 Å². The molecule has 0 spiro atoms. The molecular weight excluding hydrogens is 667 g/mol. The summed E-state index contributed by atoms with van der Waals surface area (Å²) in [6.45, 7) is 9.60. The lowest BCUT2D eigenvalue weighted by atomic mass is 9.81. The Labute approximate surface area is 330 Å². The maximum atomic E-state index is 5.79. The van der Waals surface area contributed by atoms with Gasteiger partial charge in [-0.3, -0.25) is 0 Å². The second-order valence-corrected chi connectivity index (χ2v) is 17.0. The van der Waals surface area contributed by atoms with Crippen LogP contribution in [0.15, 0.2) is 161 Å². The number of benzene rings is 3. The molecular formula is C52H55N3. The van der Waals surface area contributed by atoms with Crippen molar-refractivity contribution in [2.24, 2.45) is 5.41 Å². The first kappa shape index (κ1) is 36.5. The molecule has 3 aliphatic carbocycles. The van der Waals surface area contributed by atoms with Crippen molar-refractivity contribution in [1.29, 1.82) is 0 Å². The molecule has 0 bridgehead atoms. The van der Waals surface area contributed by atoms with Crippen LogP contribution in [0.2, 0.25) is 0 Å². The largest absolute Gasteiger partial charge is 0.370 e. The van der Waals surface area contributed by atoms with Crippen molar-refractivity contribution in [3.8, 4) is 12.3 Å². The number of anilines is 3. The number of allylic oxidation sites excluding steroid dienone is 13. The minimum atomic E-state index is -0.112. The second kappa shape index (κ2) is 14.6. The lowest BCUT2D eigenvalue weighted by Crippen LogP contribution is -2.32. The number of fused-ring (bicyclic) bond motifs is 3. The van der Waals surface area contributed by atoms with Crippen molar-refractivity contribution in [3.05, 3.63) is 177 Å². The Bertz CT molecular complexity index is 2240. The van der Waals surface area contributed by atoms with E-state index in [9.17, 15) is 0 Å². The summed E-state index contributed by atoms with van der Waals surface area (Å²) < 4.78 is 0. The normalized spacial score (nSPS) is 24.7. The molecule has 3 aromatic rings. The van der Waals surface area contributed by atoms with Crippen LogP contribution in [0.25, 0.3) is 6.08 Å². The summed E-state index contributed by atoms with van der Waals surface area (Å²) in [5.74, 6) is 2.81. The van der Waals surface area contributed by atoms with Crippen LogP contribution < -0.4 is 9.80 Å². The molecule has 0 saturated carbocycles. The third-order valence-electron chi connectivity index (χ3n) is 12.7. The number of likely N-dealkylation sites (tertiary alicyclic amines) is 1. The lowest BCUT2D eigenvalue weighted by molar-refractivity contribution is 0.269. The third-order valence-corrected chi connectivity index (χ3v) is 12.7. The number of likely N-dealkylation sites (N-methyl/N-ethyl adjacent to an activating group) is 2. The van der Waals surface area contributed by atoms with Gasteiger partial charge in [0.25, 0.3) is 0 Å². The van der Waals surface area contributed by atoms with Gasteiger partial charge in [0.15, 0.2) is 0 Å². The number of rotatable bonds is 6. The van der Waals surface area contributed by atoms with E-state index < -0.39 is 0 Å². The average Bonchev–Trinajstić information content (AvgIpc) is 3.76. The van der Waals surface area contributed by atoms with Gasteiger partial charge in [-0.15, -0.1) is 6.42 Å². The van der Waals surface area contributed by atoms with E-state index in [2.05, 4.69) is 184 Å². The highest BCUT2D eigenvalue weighted by molar-refractivity contribution is 5.82. The summed E-state index contributed by atoms with van der Waals surface area (Å²) in [6, 6.07) is 26.8. The molecule has 1 unspecified atom stereocenters. The standard InChI is InChI=1S/C52H55N3/c1-8-19-37-20-15-17-26-43(37)46-36-51(2,3)47(53(46)6)34-31-39-28-29-40(49(39)55(41-22-11-9-12-23-41)42-24-13-10-14-25-42)32-35-48-52(4,5)45-33-30-38-21-16-18-27-44(38)50(45)54(48)7/h1,9-14,17-19,22-27,30-35,47H,15-16,20-21,28-29,36H2,2-7H3/b34-31+,37-19-,40-32+,46-43+,48-35-. The van der Waals surface area contributed by atoms with Crippen LogP contribution in [-0.2, 0) is 11.8 Å². The summed E-state index contributed by atoms with van der Waals surface area (Å²) in [6.07, 6.45) is 34.1. The first-order chi connectivity index (χ1) is 26.6. The van der Waals surface area contributed by atoms with Crippen LogP contribution in [0.3, 0.4) is 0 Å². The Balaban J connectivity index is 1.24. The van der Waals surface area contributed by atoms with Crippen LogP contribution in [-0.4, -0.2) is 25.0 Å². The molecule has 278 valence electrons. The van der Waals surface area contributed by atoms with Gasteiger partial charge < -0.3 is 14.7 Å². The quantitative estimate of drug-likeness (QED) is 0.235. The molecule has 2 aliphatic heterocycles. The van der Waals surface area contributed by atoms with Crippen molar-refractivity contribution in [1.82, 2.24) is 4.90 Å². The van der Waals surface area contributed by atoms with Crippen LogP contribution >= 0.6 is 0 Å². The Morgan fingerprint density at radius 1 is 0.782 bits per heavy atom. The fourth-order valence-electron chi connectivity index (χ4n) is 9.87. The monoisotopic (exact) mass is 721 g/mol. The van der Waals surface area contributed by atoms with Crippen LogP contribution in [0.1, 0.15) is 82.9 Å². The number of hydrogen-bond acceptors (Lipinski definition) is 3. The highest BCUT2D eigenvalue weighted by Crippen LogP contribution is 2.51. The van der Waals surface area contributed by atoms with E-state index in [0.29, 0.717) is 0 Å². The van der Waals surface area contributed by atoms with Gasteiger partial charge in [-0.1, -0.05) is 125 Å². The Morgan fingerprint density at radius 3 is 2.18 bits per heavy atom. The Kier molecular flexibility index (Phi) is 9.72. The van der Waals surface area contributed by atoms with E-state index >= 15 is 0 Å². The zero-order valence-corrected chi connectivity index (χ0v) is 33.6. The average molecular weight is 722 g/mol. The van der Waals surface area contributed by atoms with Crippen molar-refractivity contribution in [2.45, 2.75) is 84.1 Å². The van der Waals surface area contributed by atoms with Crippen LogP contribution in [0.4, 0.5) is 17.1 Å². The predicted octanol–water partition coefficient (Wildman–Crippen LogP) is 12.5. The molecule has 0 aromatic heterocycles. The number of terminal acetylenes is 1. The maximum Gasteiger partial charge on any atom is 0.0525 e. The topological polar surface area (TPSA) is 9.72 Å². The molecule has 0 radical (unpaired) electrons. The Hall–Kier alpha value is -5.46. The minimum Gasteiger partial charge on any atom is -0.370 e. The number of hydrogen-bond donors (Lipinski definition) is 0. The van der Waals surface area contributed by atoms with E-state index in [0.717, 1.165) is 44.9 Å². The lowest BCUT2D eigenvalue weighted by Gasteiger charge is -2.30. The van der Waals surface area contributed by atoms with E-state index in [1.807, 2.05) is 6.08 Å². The SMILES string of the molecule is C#C/C=C1/CCC=C/C1=C1/CC(C)(C)C(/C=C/C2=C(N(c3ccccc3)c3ccccc3)C(=C/C=C3\N(C)c4c(ccc5c4C=CCC5)C3(C)C)/CC2)N1C. The van der Waals surface area contributed by atoms with Crippen molar-refractivity contribution >= 4 is 23.1 Å². The summed E-state index contributed by atoms with van der Waals surface area (Å²) in [7, 11) is 4.53. The third kappa shape index (κ3) is 6.57. The number of nitrogens with zero attached hydrogens (tertiary/aromatic N) is 3. The molecule has 0 amide bonds. The highest BCUT2D eigenvalue weighted by Gasteiger charge is 2.42. The number of aryl methyl sites for hydroxylation is 1. The molecule has 3 aromatic carbocycles. The van der Waals surface area contributed by atoms with E-state index in [1.165, 1.54) is 73.1 Å². The Morgan fingerprint density at radius 2 is 1.47 bits per heavy atom. The molecule has 2 heterocycles. The van der Waals surface area contributed by atoms with Gasteiger partial charge in [-0.05, 0) is 120 Å². The van der Waals surface area contributed by atoms with Gasteiger partial charge in [0.05, 0.1) is 17.4 Å². The molecule has 55 heavy (non-hydrogen) atoms. The van der Waals surface area contributed by atoms with Gasteiger partial charge in [0.2, 0.25) is 0 Å².